The van der Waals surface area contributed by atoms with E-state index in [1.54, 1.807) is 11.1 Å². The molecule has 0 spiro atoms. The normalized spacial score (nSPS) is 18.1. The smallest absolute Gasteiger partial charge is 0.302 e. The van der Waals surface area contributed by atoms with E-state index < -0.39 is 27.0 Å². The standard InChI is InChI=1S/C25H26FN5O6S2/c1-14-11-30(12-15(2)37-14)20(32)13-29-6-7-31-24(34)22(33)21(28-25(29)31)23-27-10-18(38-23)8-16-4-5-17(26)9-19(16)39(3,35)36/h4-7,9-10,14-15,33H,8,11-13H2,1-3H3/t14-,15-/m1/s1. The molecule has 4 heterocycles. The Kier molecular flexibility index (Phi) is 7.03. The first kappa shape index (κ1) is 27.0. The highest BCUT2D eigenvalue weighted by Crippen LogP contribution is 2.31. The van der Waals surface area contributed by atoms with Gasteiger partial charge in [0.1, 0.15) is 17.4 Å². The van der Waals surface area contributed by atoms with E-state index in [-0.39, 0.29) is 52.5 Å². The third kappa shape index (κ3) is 5.44. The summed E-state index contributed by atoms with van der Waals surface area (Å²) in [7, 11) is -3.67. The topological polar surface area (TPSA) is 136 Å². The number of fused-ring (bicyclic) bond motifs is 1. The zero-order chi connectivity index (χ0) is 28.1. The number of aromatic nitrogens is 4. The fraction of sp³-hybridized carbons (Fsp3) is 0.360. The molecule has 4 aromatic rings. The van der Waals surface area contributed by atoms with Crippen LogP contribution in [0.15, 0.2) is 46.5 Å². The molecule has 0 radical (unpaired) electrons. The zero-order valence-corrected chi connectivity index (χ0v) is 23.0. The van der Waals surface area contributed by atoms with E-state index in [9.17, 15) is 27.5 Å². The van der Waals surface area contributed by atoms with E-state index in [1.807, 2.05) is 13.8 Å². The van der Waals surface area contributed by atoms with Crippen molar-refractivity contribution in [2.75, 3.05) is 19.3 Å². The molecule has 3 aromatic heterocycles. The third-order valence-corrected chi connectivity index (χ3v) is 8.54. The summed E-state index contributed by atoms with van der Waals surface area (Å²) >= 11 is 1.11. The molecule has 1 amide bonds. The van der Waals surface area contributed by atoms with Gasteiger partial charge >= 0.3 is 5.56 Å². The number of benzene rings is 1. The van der Waals surface area contributed by atoms with Crippen LogP contribution in [-0.2, 0) is 32.3 Å². The predicted molar refractivity (Wildman–Crippen MR) is 141 cm³/mol. The van der Waals surface area contributed by atoms with Gasteiger partial charge in [-0.3, -0.25) is 9.59 Å². The molecule has 1 aliphatic heterocycles. The summed E-state index contributed by atoms with van der Waals surface area (Å²) in [4.78, 5) is 36.9. The second kappa shape index (κ2) is 10.2. The van der Waals surface area contributed by atoms with Gasteiger partial charge in [-0.2, -0.15) is 0 Å². The molecule has 5 rings (SSSR count). The number of hydrogen-bond acceptors (Lipinski definition) is 9. The molecule has 1 saturated heterocycles. The Morgan fingerprint density at radius 1 is 1.23 bits per heavy atom. The van der Waals surface area contributed by atoms with Gasteiger partial charge in [0, 0.05) is 49.2 Å². The number of carbonyl (C=O) groups is 1. The summed E-state index contributed by atoms with van der Waals surface area (Å²) in [5, 5.41) is 10.9. The maximum absolute atomic E-state index is 13.7. The van der Waals surface area contributed by atoms with Gasteiger partial charge < -0.3 is 19.3 Å². The Hall–Kier alpha value is -3.62. The molecule has 2 atom stereocenters. The van der Waals surface area contributed by atoms with E-state index in [1.165, 1.54) is 29.1 Å². The number of imidazole rings is 1. The summed E-state index contributed by atoms with van der Waals surface area (Å²) in [6.45, 7) is 4.65. The van der Waals surface area contributed by atoms with Gasteiger partial charge in [0.25, 0.3) is 0 Å². The molecule has 0 unspecified atom stereocenters. The van der Waals surface area contributed by atoms with Crippen molar-refractivity contribution in [3.63, 3.8) is 0 Å². The monoisotopic (exact) mass is 575 g/mol. The van der Waals surface area contributed by atoms with Crippen LogP contribution in [0.4, 0.5) is 4.39 Å². The molecular formula is C25H26FN5O6S2. The molecular weight excluding hydrogens is 549 g/mol. The van der Waals surface area contributed by atoms with Gasteiger partial charge in [0.05, 0.1) is 17.1 Å². The lowest BCUT2D eigenvalue weighted by Crippen LogP contribution is -2.49. The van der Waals surface area contributed by atoms with Crippen molar-refractivity contribution in [1.82, 2.24) is 23.8 Å². The van der Waals surface area contributed by atoms with E-state index in [0.717, 1.165) is 28.1 Å². The molecule has 11 nitrogen and oxygen atoms in total. The minimum Gasteiger partial charge on any atom is -0.501 e. The van der Waals surface area contributed by atoms with Crippen LogP contribution in [0.5, 0.6) is 5.75 Å². The second-order valence-corrected chi connectivity index (χ2v) is 12.7. The fourth-order valence-corrected chi connectivity index (χ4v) is 6.54. The van der Waals surface area contributed by atoms with Crippen molar-refractivity contribution >= 4 is 32.9 Å². The van der Waals surface area contributed by atoms with Crippen LogP contribution in [-0.4, -0.2) is 74.8 Å². The predicted octanol–water partition coefficient (Wildman–Crippen LogP) is 2.09. The van der Waals surface area contributed by atoms with E-state index >= 15 is 0 Å². The lowest BCUT2D eigenvalue weighted by Gasteiger charge is -2.35. The Morgan fingerprint density at radius 3 is 2.64 bits per heavy atom. The van der Waals surface area contributed by atoms with Crippen LogP contribution in [0.3, 0.4) is 0 Å². The molecule has 1 aromatic carbocycles. The number of nitrogens with zero attached hydrogens (tertiary/aromatic N) is 5. The van der Waals surface area contributed by atoms with Gasteiger partial charge in [-0.05, 0) is 31.5 Å². The SMILES string of the molecule is C[C@@H]1CN(C(=O)Cn2ccn3c(=O)c(O)c(-c4ncc(Cc5ccc(F)cc5S(C)(=O)=O)s4)nc23)C[C@@H](C)O1. The number of carbonyl (C=O) groups excluding carboxylic acids is 1. The highest BCUT2D eigenvalue weighted by molar-refractivity contribution is 7.90. The molecule has 0 saturated carbocycles. The average Bonchev–Trinajstić information content (AvgIpc) is 3.48. The molecule has 14 heteroatoms. The first-order valence-electron chi connectivity index (χ1n) is 12.1. The molecule has 206 valence electrons. The van der Waals surface area contributed by atoms with Gasteiger partial charge in [-0.1, -0.05) is 6.07 Å². The van der Waals surface area contributed by atoms with E-state index in [4.69, 9.17) is 4.74 Å². The number of morpholine rings is 1. The van der Waals surface area contributed by atoms with Crippen LogP contribution in [0, 0.1) is 5.82 Å². The molecule has 1 N–H and O–H groups in total. The average molecular weight is 576 g/mol. The summed E-state index contributed by atoms with van der Waals surface area (Å²) < 4.78 is 46.4. The maximum Gasteiger partial charge on any atom is 0.302 e. The second-order valence-electron chi connectivity index (χ2n) is 9.60. The first-order chi connectivity index (χ1) is 18.4. The van der Waals surface area contributed by atoms with Crippen molar-refractivity contribution in [2.45, 2.75) is 43.9 Å². The molecule has 39 heavy (non-hydrogen) atoms. The fourth-order valence-electron chi connectivity index (χ4n) is 4.67. The van der Waals surface area contributed by atoms with Crippen molar-refractivity contribution < 1.29 is 27.4 Å². The molecule has 0 aliphatic carbocycles. The van der Waals surface area contributed by atoms with Crippen molar-refractivity contribution in [1.29, 1.82) is 0 Å². The van der Waals surface area contributed by atoms with Crippen LogP contribution >= 0.6 is 11.3 Å². The number of aromatic hydroxyl groups is 1. The number of amides is 1. The van der Waals surface area contributed by atoms with Crippen LogP contribution in [0.2, 0.25) is 0 Å². The van der Waals surface area contributed by atoms with Crippen molar-refractivity contribution in [2.24, 2.45) is 0 Å². The van der Waals surface area contributed by atoms with Crippen LogP contribution in [0.1, 0.15) is 24.3 Å². The number of hydrogen-bond donors (Lipinski definition) is 1. The van der Waals surface area contributed by atoms with Crippen LogP contribution < -0.4 is 5.56 Å². The van der Waals surface area contributed by atoms with Gasteiger partial charge in [-0.15, -0.1) is 11.3 Å². The number of thiazole rings is 1. The lowest BCUT2D eigenvalue weighted by molar-refractivity contribution is -0.143. The number of halogens is 1. The van der Waals surface area contributed by atoms with Gasteiger partial charge in [-0.25, -0.2) is 27.2 Å². The van der Waals surface area contributed by atoms with Crippen LogP contribution in [0.25, 0.3) is 16.5 Å². The summed E-state index contributed by atoms with van der Waals surface area (Å²) in [5.74, 6) is -1.26. The Labute approximate surface area is 227 Å². The minimum absolute atomic E-state index is 0.0558. The number of rotatable bonds is 6. The summed E-state index contributed by atoms with van der Waals surface area (Å²) in [6.07, 6.45) is 5.43. The first-order valence-corrected chi connectivity index (χ1v) is 14.8. The minimum atomic E-state index is -3.67. The summed E-state index contributed by atoms with van der Waals surface area (Å²) in [6, 6.07) is 3.56. The highest BCUT2D eigenvalue weighted by atomic mass is 32.2. The van der Waals surface area contributed by atoms with Crippen molar-refractivity contribution in [3.05, 3.63) is 63.4 Å². The highest BCUT2D eigenvalue weighted by Gasteiger charge is 2.27. The van der Waals surface area contributed by atoms with Gasteiger partial charge in [0.2, 0.25) is 17.4 Å². The van der Waals surface area contributed by atoms with E-state index in [2.05, 4.69) is 9.97 Å². The molecule has 1 aliphatic rings. The van der Waals surface area contributed by atoms with Crippen molar-refractivity contribution in [3.8, 4) is 16.5 Å². The molecule has 1 fully saturated rings. The Morgan fingerprint density at radius 2 is 1.95 bits per heavy atom. The maximum atomic E-state index is 13.7. The van der Waals surface area contributed by atoms with E-state index in [0.29, 0.717) is 23.5 Å². The number of sulfone groups is 1. The quantitative estimate of drug-likeness (QED) is 0.369. The largest absolute Gasteiger partial charge is 0.501 e. The lowest BCUT2D eigenvalue weighted by atomic mass is 10.1. The number of ether oxygens (including phenoxy) is 1. The third-order valence-electron chi connectivity index (χ3n) is 6.35. The zero-order valence-electron chi connectivity index (χ0n) is 21.4. The Balaban J connectivity index is 1.46. The summed E-state index contributed by atoms with van der Waals surface area (Å²) in [5.41, 5.74) is -0.384. The van der Waals surface area contributed by atoms with Gasteiger partial charge in [0.15, 0.2) is 15.5 Å². The molecule has 0 bridgehead atoms. The Bertz CT molecular complexity index is 1740.